The van der Waals surface area contributed by atoms with Crippen LogP contribution in [-0.4, -0.2) is 5.11 Å². The number of phenols is 1. The summed E-state index contributed by atoms with van der Waals surface area (Å²) in [6.07, 6.45) is 0.896. The monoisotopic (exact) mass is 146 g/mol. The molecule has 0 atom stereocenters. The summed E-state index contributed by atoms with van der Waals surface area (Å²) in [6.45, 7) is 2.02. The summed E-state index contributed by atoms with van der Waals surface area (Å²) >= 11 is 0. The first-order valence-corrected chi connectivity index (χ1v) is 3.11. The average molecular weight is 146 g/mol. The number of hydrogen-bond acceptors (Lipinski definition) is 1. The number of aromatic hydroxyl groups is 1. The Morgan fingerprint density at radius 1 is 1.40 bits per heavy atom. The normalized spacial score (nSPS) is 8.50. The molecule has 1 rings (SSSR count). The van der Waals surface area contributed by atoms with Gasteiger partial charge in [0, 0.05) is 0 Å². The molecule has 0 spiro atoms. The molecule has 1 aromatic carbocycles. The molecule has 0 fully saturated rings. The standard InChI is InChI=1S/C8H10O.Na.H/c1-2-7-5-3-4-6-8(7)9;;/h3-6,9H,2H2,1H3;;/q;+1;-1. The molecule has 0 bridgehead atoms. The van der Waals surface area contributed by atoms with Gasteiger partial charge in [-0.25, -0.2) is 0 Å². The van der Waals surface area contributed by atoms with E-state index in [0.29, 0.717) is 5.75 Å². The van der Waals surface area contributed by atoms with Crippen LogP contribution in [0, 0.1) is 0 Å². The van der Waals surface area contributed by atoms with Crippen LogP contribution in [0.2, 0.25) is 0 Å². The zero-order valence-electron chi connectivity index (χ0n) is 7.46. The van der Waals surface area contributed by atoms with Gasteiger partial charge < -0.3 is 6.53 Å². The second-order valence-electron chi connectivity index (χ2n) is 1.98. The zero-order chi connectivity index (χ0) is 6.69. The molecule has 0 heterocycles. The molecule has 0 saturated carbocycles. The quantitative estimate of drug-likeness (QED) is 0.508. The van der Waals surface area contributed by atoms with Crippen LogP contribution in [0.15, 0.2) is 24.3 Å². The fourth-order valence-corrected chi connectivity index (χ4v) is 0.810. The van der Waals surface area contributed by atoms with Gasteiger partial charge in [0.2, 0.25) is 0 Å². The fraction of sp³-hybridized carbons (Fsp3) is 0.250. The summed E-state index contributed by atoms with van der Waals surface area (Å²) in [5, 5.41) is 9.11. The fourth-order valence-electron chi connectivity index (χ4n) is 0.810. The molecule has 0 aliphatic heterocycles. The van der Waals surface area contributed by atoms with Crippen molar-refractivity contribution in [3.05, 3.63) is 29.8 Å². The minimum atomic E-state index is 0. The molecule has 0 saturated heterocycles. The van der Waals surface area contributed by atoms with E-state index in [4.69, 9.17) is 5.11 Å². The minimum absolute atomic E-state index is 0. The van der Waals surface area contributed by atoms with Crippen LogP contribution < -0.4 is 29.6 Å². The summed E-state index contributed by atoms with van der Waals surface area (Å²) in [7, 11) is 0. The van der Waals surface area contributed by atoms with Crippen LogP contribution in [0.3, 0.4) is 0 Å². The van der Waals surface area contributed by atoms with Crippen molar-refractivity contribution < 1.29 is 36.1 Å². The van der Waals surface area contributed by atoms with E-state index in [1.54, 1.807) is 6.07 Å². The van der Waals surface area contributed by atoms with Crippen LogP contribution in [0.4, 0.5) is 0 Å². The topological polar surface area (TPSA) is 20.2 Å². The van der Waals surface area contributed by atoms with Crippen molar-refractivity contribution in [1.82, 2.24) is 0 Å². The van der Waals surface area contributed by atoms with Gasteiger partial charge in [0.1, 0.15) is 5.75 Å². The van der Waals surface area contributed by atoms with Gasteiger partial charge in [0.25, 0.3) is 0 Å². The van der Waals surface area contributed by atoms with Gasteiger partial charge in [-0.05, 0) is 18.1 Å². The Kier molecular flexibility index (Phi) is 4.79. The Hall–Kier alpha value is 0.0200. The Morgan fingerprint density at radius 2 is 2.00 bits per heavy atom. The van der Waals surface area contributed by atoms with E-state index in [-0.39, 0.29) is 31.0 Å². The summed E-state index contributed by atoms with van der Waals surface area (Å²) in [5.41, 5.74) is 1.01. The van der Waals surface area contributed by atoms with Gasteiger partial charge >= 0.3 is 29.6 Å². The molecule has 0 aromatic heterocycles. The molecule has 0 unspecified atom stereocenters. The molecule has 10 heavy (non-hydrogen) atoms. The molecule has 1 nitrogen and oxygen atoms in total. The molecule has 0 aliphatic carbocycles. The summed E-state index contributed by atoms with van der Waals surface area (Å²) < 4.78 is 0. The molecule has 0 aliphatic rings. The van der Waals surface area contributed by atoms with Crippen molar-refractivity contribution in [2.75, 3.05) is 0 Å². The van der Waals surface area contributed by atoms with E-state index in [1.807, 2.05) is 25.1 Å². The SMILES string of the molecule is CCc1ccccc1O.[H-].[Na+]. The Labute approximate surface area is 84.9 Å². The van der Waals surface area contributed by atoms with Gasteiger partial charge in [-0.15, -0.1) is 0 Å². The number of rotatable bonds is 1. The molecule has 1 N–H and O–H groups in total. The Bertz CT molecular complexity index is 203. The first-order chi connectivity index (χ1) is 4.34. The first kappa shape index (κ1) is 10.0. The third-order valence-electron chi connectivity index (χ3n) is 1.37. The van der Waals surface area contributed by atoms with E-state index in [1.165, 1.54) is 0 Å². The maximum atomic E-state index is 9.11. The summed E-state index contributed by atoms with van der Waals surface area (Å²) in [5.74, 6) is 0.403. The van der Waals surface area contributed by atoms with Crippen molar-refractivity contribution in [3.63, 3.8) is 0 Å². The number of phenolic OH excluding ortho intramolecular Hbond substituents is 1. The Balaban J connectivity index is 0. The number of benzene rings is 1. The number of para-hydroxylation sites is 1. The van der Waals surface area contributed by atoms with Gasteiger partial charge in [-0.3, -0.25) is 0 Å². The first-order valence-electron chi connectivity index (χ1n) is 3.11. The van der Waals surface area contributed by atoms with Crippen LogP contribution in [0.25, 0.3) is 0 Å². The largest absolute Gasteiger partial charge is 1.00 e. The van der Waals surface area contributed by atoms with Gasteiger partial charge in [-0.2, -0.15) is 0 Å². The Morgan fingerprint density at radius 3 is 2.40 bits per heavy atom. The van der Waals surface area contributed by atoms with Crippen molar-refractivity contribution in [2.24, 2.45) is 0 Å². The third-order valence-corrected chi connectivity index (χ3v) is 1.37. The molecular weight excluding hydrogens is 135 g/mol. The van der Waals surface area contributed by atoms with Gasteiger partial charge in [-0.1, -0.05) is 25.1 Å². The number of hydrogen-bond donors (Lipinski definition) is 1. The molecule has 0 radical (unpaired) electrons. The predicted octanol–water partition coefficient (Wildman–Crippen LogP) is -0.929. The molecule has 0 amide bonds. The maximum absolute atomic E-state index is 9.11. The van der Waals surface area contributed by atoms with Crippen LogP contribution in [-0.2, 0) is 6.42 Å². The van der Waals surface area contributed by atoms with Crippen molar-refractivity contribution >= 4 is 0 Å². The van der Waals surface area contributed by atoms with Crippen LogP contribution in [0.1, 0.15) is 13.9 Å². The smallest absolute Gasteiger partial charge is 1.00 e. The van der Waals surface area contributed by atoms with E-state index in [0.717, 1.165) is 12.0 Å². The van der Waals surface area contributed by atoms with Gasteiger partial charge in [0.05, 0.1) is 0 Å². The molecular formula is C8H11NaO. The van der Waals surface area contributed by atoms with Crippen molar-refractivity contribution in [3.8, 4) is 5.75 Å². The minimum Gasteiger partial charge on any atom is -1.00 e. The summed E-state index contributed by atoms with van der Waals surface area (Å²) in [6, 6.07) is 7.39. The van der Waals surface area contributed by atoms with Crippen molar-refractivity contribution in [1.29, 1.82) is 0 Å². The maximum Gasteiger partial charge on any atom is 1.00 e. The second-order valence-corrected chi connectivity index (χ2v) is 1.98. The second kappa shape index (κ2) is 4.78. The van der Waals surface area contributed by atoms with Crippen LogP contribution >= 0.6 is 0 Å². The predicted molar refractivity (Wildman–Crippen MR) is 38.6 cm³/mol. The molecule has 2 heteroatoms. The molecule has 1 aromatic rings. The summed E-state index contributed by atoms with van der Waals surface area (Å²) in [4.78, 5) is 0. The van der Waals surface area contributed by atoms with E-state index in [2.05, 4.69) is 0 Å². The van der Waals surface area contributed by atoms with E-state index in [9.17, 15) is 0 Å². The molecule has 50 valence electrons. The average Bonchev–Trinajstić information content (AvgIpc) is 1.89. The van der Waals surface area contributed by atoms with E-state index >= 15 is 0 Å². The van der Waals surface area contributed by atoms with Crippen LogP contribution in [0.5, 0.6) is 5.75 Å². The van der Waals surface area contributed by atoms with Gasteiger partial charge in [0.15, 0.2) is 0 Å². The third kappa shape index (κ3) is 2.33. The zero-order valence-corrected chi connectivity index (χ0v) is 8.46. The van der Waals surface area contributed by atoms with E-state index < -0.39 is 0 Å². The van der Waals surface area contributed by atoms with Crippen molar-refractivity contribution in [2.45, 2.75) is 13.3 Å². The number of aryl methyl sites for hydroxylation is 1.